The van der Waals surface area contributed by atoms with E-state index in [0.717, 1.165) is 31.6 Å². The summed E-state index contributed by atoms with van der Waals surface area (Å²) >= 11 is 0. The highest BCUT2D eigenvalue weighted by atomic mass is 19.2. The quantitative estimate of drug-likeness (QED) is 0.904. The number of benzene rings is 1. The van der Waals surface area contributed by atoms with Crippen LogP contribution in [0.1, 0.15) is 38.3 Å². The van der Waals surface area contributed by atoms with E-state index in [1.54, 1.807) is 6.07 Å². The number of hydrogen-bond acceptors (Lipinski definition) is 2. The molecule has 4 heteroatoms. The Balaban J connectivity index is 1.95. The highest BCUT2D eigenvalue weighted by Gasteiger charge is 2.22. The molecule has 1 N–H and O–H groups in total. The lowest BCUT2D eigenvalue weighted by molar-refractivity contribution is 0.0547. The van der Waals surface area contributed by atoms with Gasteiger partial charge in [-0.1, -0.05) is 6.07 Å². The van der Waals surface area contributed by atoms with Crippen LogP contribution in [0.3, 0.4) is 0 Å². The van der Waals surface area contributed by atoms with Crippen LogP contribution in [0.2, 0.25) is 0 Å². The van der Waals surface area contributed by atoms with E-state index in [1.165, 1.54) is 12.1 Å². The van der Waals surface area contributed by atoms with Crippen molar-refractivity contribution in [2.24, 2.45) is 5.92 Å². The first-order valence-corrected chi connectivity index (χ1v) is 6.86. The highest BCUT2D eigenvalue weighted by molar-refractivity contribution is 5.20. The van der Waals surface area contributed by atoms with E-state index in [9.17, 15) is 8.78 Å². The Morgan fingerprint density at radius 3 is 2.47 bits per heavy atom. The van der Waals surface area contributed by atoms with Crippen LogP contribution in [0.15, 0.2) is 18.2 Å². The number of nitrogens with one attached hydrogen (secondary N) is 1. The van der Waals surface area contributed by atoms with Crippen molar-refractivity contribution in [2.45, 2.75) is 38.8 Å². The van der Waals surface area contributed by atoms with Crippen molar-refractivity contribution in [1.82, 2.24) is 5.32 Å². The minimum absolute atomic E-state index is 0.00736. The fourth-order valence-electron chi connectivity index (χ4n) is 2.62. The van der Waals surface area contributed by atoms with E-state index in [4.69, 9.17) is 4.74 Å². The summed E-state index contributed by atoms with van der Waals surface area (Å²) in [6, 6.07) is 4.43. The molecule has 0 saturated carbocycles. The van der Waals surface area contributed by atoms with E-state index in [2.05, 4.69) is 12.2 Å². The van der Waals surface area contributed by atoms with Crippen molar-refractivity contribution in [3.05, 3.63) is 35.4 Å². The molecular formula is C15H21F2NO. The molecule has 2 rings (SSSR count). The molecule has 0 spiro atoms. The zero-order valence-electron chi connectivity index (χ0n) is 11.5. The van der Waals surface area contributed by atoms with Gasteiger partial charge in [0.2, 0.25) is 0 Å². The molecule has 0 radical (unpaired) electrons. The standard InChI is InChI=1S/C15H21F2NO/c1-10(12-5-7-19-8-6-12)18-11(2)13-3-4-14(16)15(17)9-13/h3-4,9-12,18H,5-8H2,1-2H3. The molecule has 1 aliphatic heterocycles. The van der Waals surface area contributed by atoms with Gasteiger partial charge >= 0.3 is 0 Å². The van der Waals surface area contributed by atoms with Crippen LogP contribution in [-0.2, 0) is 4.74 Å². The van der Waals surface area contributed by atoms with Crippen molar-refractivity contribution in [1.29, 1.82) is 0 Å². The van der Waals surface area contributed by atoms with Gasteiger partial charge in [-0.05, 0) is 50.3 Å². The van der Waals surface area contributed by atoms with Crippen LogP contribution in [0, 0.1) is 17.6 Å². The van der Waals surface area contributed by atoms with Crippen molar-refractivity contribution in [3.63, 3.8) is 0 Å². The van der Waals surface area contributed by atoms with Crippen LogP contribution in [0.4, 0.5) is 8.78 Å². The molecule has 0 bridgehead atoms. The van der Waals surface area contributed by atoms with Crippen LogP contribution < -0.4 is 5.32 Å². The third kappa shape index (κ3) is 3.74. The number of halogens is 2. The SMILES string of the molecule is CC(NC(C)C1CCOCC1)c1ccc(F)c(F)c1. The fraction of sp³-hybridized carbons (Fsp3) is 0.600. The largest absolute Gasteiger partial charge is 0.381 e. The first kappa shape index (κ1) is 14.4. The minimum Gasteiger partial charge on any atom is -0.381 e. The molecule has 0 aromatic heterocycles. The summed E-state index contributed by atoms with van der Waals surface area (Å²) in [7, 11) is 0. The van der Waals surface area contributed by atoms with Gasteiger partial charge in [0.15, 0.2) is 11.6 Å². The maximum atomic E-state index is 13.2. The van der Waals surface area contributed by atoms with Crippen molar-refractivity contribution in [2.75, 3.05) is 13.2 Å². The van der Waals surface area contributed by atoms with Crippen LogP contribution in [-0.4, -0.2) is 19.3 Å². The molecule has 2 nitrogen and oxygen atoms in total. The van der Waals surface area contributed by atoms with Crippen molar-refractivity contribution < 1.29 is 13.5 Å². The monoisotopic (exact) mass is 269 g/mol. The second-order valence-corrected chi connectivity index (χ2v) is 5.30. The van der Waals surface area contributed by atoms with Gasteiger partial charge in [0.1, 0.15) is 0 Å². The summed E-state index contributed by atoms with van der Waals surface area (Å²) in [4.78, 5) is 0. The maximum Gasteiger partial charge on any atom is 0.159 e. The summed E-state index contributed by atoms with van der Waals surface area (Å²) in [5.41, 5.74) is 0.776. The Morgan fingerprint density at radius 2 is 1.84 bits per heavy atom. The summed E-state index contributed by atoms with van der Waals surface area (Å²) in [5.74, 6) is -1.00. The van der Waals surface area contributed by atoms with Crippen LogP contribution >= 0.6 is 0 Å². The van der Waals surface area contributed by atoms with Crippen molar-refractivity contribution >= 4 is 0 Å². The third-order valence-electron chi connectivity index (χ3n) is 3.93. The molecule has 2 unspecified atom stereocenters. The molecule has 1 aromatic carbocycles. The molecule has 2 atom stereocenters. The van der Waals surface area contributed by atoms with Crippen LogP contribution in [0.25, 0.3) is 0 Å². The second-order valence-electron chi connectivity index (χ2n) is 5.30. The van der Waals surface area contributed by atoms with Gasteiger partial charge in [0.25, 0.3) is 0 Å². The molecule has 1 aromatic rings. The lowest BCUT2D eigenvalue weighted by Gasteiger charge is -2.30. The van der Waals surface area contributed by atoms with Crippen molar-refractivity contribution in [3.8, 4) is 0 Å². The first-order valence-electron chi connectivity index (χ1n) is 6.86. The average Bonchev–Trinajstić information content (AvgIpc) is 2.42. The van der Waals surface area contributed by atoms with Gasteiger partial charge in [0, 0.05) is 25.3 Å². The molecule has 1 heterocycles. The summed E-state index contributed by atoms with van der Waals surface area (Å²) < 4.78 is 31.5. The molecular weight excluding hydrogens is 248 g/mol. The second kappa shape index (κ2) is 6.44. The molecule has 19 heavy (non-hydrogen) atoms. The van der Waals surface area contributed by atoms with Gasteiger partial charge in [0.05, 0.1) is 0 Å². The van der Waals surface area contributed by atoms with E-state index in [0.29, 0.717) is 12.0 Å². The van der Waals surface area contributed by atoms with Gasteiger partial charge < -0.3 is 10.1 Å². The third-order valence-corrected chi connectivity index (χ3v) is 3.93. The Morgan fingerprint density at radius 1 is 1.16 bits per heavy atom. The lowest BCUT2D eigenvalue weighted by atomic mass is 9.92. The van der Waals surface area contributed by atoms with E-state index in [1.807, 2.05) is 6.92 Å². The maximum absolute atomic E-state index is 13.2. The van der Waals surface area contributed by atoms with Gasteiger partial charge in [-0.25, -0.2) is 8.78 Å². The smallest absolute Gasteiger partial charge is 0.159 e. The zero-order chi connectivity index (χ0) is 13.8. The number of hydrogen-bond donors (Lipinski definition) is 1. The average molecular weight is 269 g/mol. The zero-order valence-corrected chi connectivity index (χ0v) is 11.5. The van der Waals surface area contributed by atoms with E-state index >= 15 is 0 Å². The normalized spacial score (nSPS) is 20.2. The Kier molecular flexibility index (Phi) is 4.88. The molecule has 1 aliphatic rings. The predicted octanol–water partition coefficient (Wildman–Crippen LogP) is 3.43. The summed E-state index contributed by atoms with van der Waals surface area (Å²) in [6.45, 7) is 5.75. The molecule has 1 fully saturated rings. The van der Waals surface area contributed by atoms with E-state index < -0.39 is 11.6 Å². The molecule has 0 amide bonds. The molecule has 0 aliphatic carbocycles. The first-order chi connectivity index (χ1) is 9.08. The Labute approximate surface area is 113 Å². The van der Waals surface area contributed by atoms with Gasteiger partial charge in [-0.3, -0.25) is 0 Å². The molecule has 1 saturated heterocycles. The number of rotatable bonds is 4. The molecule has 106 valence electrons. The number of ether oxygens (including phenoxy) is 1. The summed E-state index contributed by atoms with van der Waals surface area (Å²) in [5, 5.41) is 3.47. The minimum atomic E-state index is -0.798. The highest BCUT2D eigenvalue weighted by Crippen LogP contribution is 2.22. The Hall–Kier alpha value is -1.00. The topological polar surface area (TPSA) is 21.3 Å². The van der Waals surface area contributed by atoms with E-state index in [-0.39, 0.29) is 6.04 Å². The van der Waals surface area contributed by atoms with Gasteiger partial charge in [-0.2, -0.15) is 0 Å². The fourth-order valence-corrected chi connectivity index (χ4v) is 2.62. The summed E-state index contributed by atoms with van der Waals surface area (Å²) in [6.07, 6.45) is 2.11. The van der Waals surface area contributed by atoms with Crippen LogP contribution in [0.5, 0.6) is 0 Å². The van der Waals surface area contributed by atoms with Gasteiger partial charge in [-0.15, -0.1) is 0 Å². The predicted molar refractivity (Wildman–Crippen MR) is 70.9 cm³/mol. The Bertz CT molecular complexity index is 419. The lowest BCUT2D eigenvalue weighted by Crippen LogP contribution is -2.38.